The zero-order valence-corrected chi connectivity index (χ0v) is 9.90. The number of amides is 1. The van der Waals surface area contributed by atoms with E-state index in [1.54, 1.807) is 0 Å². The Labute approximate surface area is 101 Å². The molecular formula is C13H17NO3. The van der Waals surface area contributed by atoms with Gasteiger partial charge in [0.25, 0.3) is 0 Å². The molecule has 17 heavy (non-hydrogen) atoms. The third-order valence-electron chi connectivity index (χ3n) is 2.51. The first-order valence-corrected chi connectivity index (χ1v) is 5.68. The Kier molecular flexibility index (Phi) is 5.20. The van der Waals surface area contributed by atoms with Crippen molar-refractivity contribution < 1.29 is 14.7 Å². The van der Waals surface area contributed by atoms with Crippen molar-refractivity contribution in [3.05, 3.63) is 35.4 Å². The van der Waals surface area contributed by atoms with Gasteiger partial charge in [0.05, 0.1) is 12.8 Å². The fourth-order valence-electron chi connectivity index (χ4n) is 1.62. The maximum absolute atomic E-state index is 11.6. The highest BCUT2D eigenvalue weighted by molar-refractivity contribution is 5.79. The Morgan fingerprint density at radius 1 is 1.24 bits per heavy atom. The summed E-state index contributed by atoms with van der Waals surface area (Å²) in [5, 5.41) is 11.0. The molecule has 0 saturated carbocycles. The van der Waals surface area contributed by atoms with Crippen LogP contribution in [0.4, 0.5) is 0 Å². The van der Waals surface area contributed by atoms with Crippen LogP contribution in [0.1, 0.15) is 24.5 Å². The lowest BCUT2D eigenvalue weighted by atomic mass is 10.0. The molecular weight excluding hydrogens is 218 g/mol. The quantitative estimate of drug-likeness (QED) is 0.782. The monoisotopic (exact) mass is 235 g/mol. The summed E-state index contributed by atoms with van der Waals surface area (Å²) in [4.78, 5) is 21.8. The fraction of sp³-hybridized carbons (Fsp3) is 0.385. The highest BCUT2D eigenvalue weighted by Crippen LogP contribution is 2.09. The van der Waals surface area contributed by atoms with E-state index in [-0.39, 0.29) is 18.9 Å². The van der Waals surface area contributed by atoms with Crippen molar-refractivity contribution in [1.82, 2.24) is 5.32 Å². The fourth-order valence-corrected chi connectivity index (χ4v) is 1.62. The molecule has 0 aliphatic heterocycles. The number of hydrogen-bond acceptors (Lipinski definition) is 2. The highest BCUT2D eigenvalue weighted by atomic mass is 16.4. The summed E-state index contributed by atoms with van der Waals surface area (Å²) in [6.07, 6.45) is 1.16. The second-order valence-corrected chi connectivity index (χ2v) is 3.79. The average molecular weight is 235 g/mol. The lowest BCUT2D eigenvalue weighted by Crippen LogP contribution is -2.27. The summed E-state index contributed by atoms with van der Waals surface area (Å²) in [5.74, 6) is -1.04. The lowest BCUT2D eigenvalue weighted by molar-refractivity contribution is -0.136. The van der Waals surface area contributed by atoms with Crippen LogP contribution in [0.2, 0.25) is 0 Å². The normalized spacial score (nSPS) is 9.94. The van der Waals surface area contributed by atoms with Crippen LogP contribution in [0, 0.1) is 0 Å². The van der Waals surface area contributed by atoms with Crippen LogP contribution >= 0.6 is 0 Å². The van der Waals surface area contributed by atoms with E-state index in [4.69, 9.17) is 5.11 Å². The molecule has 0 heterocycles. The number of benzene rings is 1. The molecule has 4 nitrogen and oxygen atoms in total. The Morgan fingerprint density at radius 2 is 1.88 bits per heavy atom. The van der Waals surface area contributed by atoms with Gasteiger partial charge in [-0.15, -0.1) is 0 Å². The zero-order valence-electron chi connectivity index (χ0n) is 9.90. The molecule has 2 N–H and O–H groups in total. The molecule has 0 saturated heterocycles. The third kappa shape index (κ3) is 4.68. The molecule has 0 bridgehead atoms. The van der Waals surface area contributed by atoms with Gasteiger partial charge in [-0.1, -0.05) is 31.2 Å². The van der Waals surface area contributed by atoms with Crippen molar-refractivity contribution in [3.8, 4) is 0 Å². The number of carbonyl (C=O) groups excluding carboxylic acids is 1. The Bertz CT molecular complexity index is 401. The minimum atomic E-state index is -0.903. The molecule has 0 aliphatic rings. The second kappa shape index (κ2) is 6.68. The Morgan fingerprint density at radius 3 is 2.47 bits per heavy atom. The third-order valence-corrected chi connectivity index (χ3v) is 2.51. The molecule has 0 unspecified atom stereocenters. The van der Waals surface area contributed by atoms with Gasteiger partial charge in [0.2, 0.25) is 5.91 Å². The van der Waals surface area contributed by atoms with Gasteiger partial charge in [-0.3, -0.25) is 9.59 Å². The van der Waals surface area contributed by atoms with E-state index < -0.39 is 5.97 Å². The van der Waals surface area contributed by atoms with Gasteiger partial charge in [-0.25, -0.2) is 0 Å². The van der Waals surface area contributed by atoms with E-state index >= 15 is 0 Å². The van der Waals surface area contributed by atoms with Crippen molar-refractivity contribution in [2.24, 2.45) is 0 Å². The van der Waals surface area contributed by atoms with Crippen molar-refractivity contribution in [2.75, 3.05) is 6.54 Å². The maximum atomic E-state index is 11.6. The molecule has 1 aromatic carbocycles. The van der Waals surface area contributed by atoms with Crippen LogP contribution < -0.4 is 5.32 Å². The molecule has 0 aliphatic carbocycles. The largest absolute Gasteiger partial charge is 0.481 e. The molecule has 1 amide bonds. The summed E-state index contributed by atoms with van der Waals surface area (Å²) in [6, 6.07) is 7.78. The highest BCUT2D eigenvalue weighted by Gasteiger charge is 2.06. The van der Waals surface area contributed by atoms with Gasteiger partial charge >= 0.3 is 5.97 Å². The smallest absolute Gasteiger partial charge is 0.305 e. The van der Waals surface area contributed by atoms with Gasteiger partial charge in [-0.2, -0.15) is 0 Å². The number of rotatable bonds is 6. The van der Waals surface area contributed by atoms with Gasteiger partial charge < -0.3 is 10.4 Å². The van der Waals surface area contributed by atoms with E-state index in [1.165, 1.54) is 0 Å². The van der Waals surface area contributed by atoms with Gasteiger partial charge in [0.1, 0.15) is 0 Å². The van der Waals surface area contributed by atoms with Gasteiger partial charge in [0, 0.05) is 6.54 Å². The lowest BCUT2D eigenvalue weighted by Gasteiger charge is -2.07. The summed E-state index contributed by atoms with van der Waals surface area (Å²) < 4.78 is 0. The summed E-state index contributed by atoms with van der Waals surface area (Å²) in [7, 11) is 0. The molecule has 0 fully saturated rings. The van der Waals surface area contributed by atoms with E-state index in [1.807, 2.05) is 31.2 Å². The first-order valence-electron chi connectivity index (χ1n) is 5.68. The molecule has 0 spiro atoms. The first kappa shape index (κ1) is 13.2. The number of aliphatic carboxylic acids is 1. The molecule has 92 valence electrons. The predicted octanol–water partition coefficient (Wildman–Crippen LogP) is 1.38. The van der Waals surface area contributed by atoms with Gasteiger partial charge in [0.15, 0.2) is 0 Å². The number of nitrogens with one attached hydrogen (secondary N) is 1. The van der Waals surface area contributed by atoms with Crippen LogP contribution in [0.5, 0.6) is 0 Å². The number of carboxylic acids is 1. The zero-order chi connectivity index (χ0) is 12.7. The molecule has 4 heteroatoms. The van der Waals surface area contributed by atoms with E-state index in [9.17, 15) is 9.59 Å². The molecule has 0 aromatic heterocycles. The standard InChI is InChI=1S/C13H17NO3/c1-2-10-5-3-4-6-11(10)9-12(15)14-8-7-13(16)17/h3-6H,2,7-9H2,1H3,(H,14,15)(H,16,17). The SMILES string of the molecule is CCc1ccccc1CC(=O)NCCC(=O)O. The molecule has 1 rings (SSSR count). The first-order chi connectivity index (χ1) is 8.13. The van der Waals surface area contributed by atoms with Crippen molar-refractivity contribution in [3.63, 3.8) is 0 Å². The average Bonchev–Trinajstić information content (AvgIpc) is 2.29. The predicted molar refractivity (Wildman–Crippen MR) is 64.8 cm³/mol. The van der Waals surface area contributed by atoms with Crippen LogP contribution in [0.25, 0.3) is 0 Å². The minimum absolute atomic E-state index is 0.0405. The van der Waals surface area contributed by atoms with Gasteiger partial charge in [-0.05, 0) is 17.5 Å². The Hall–Kier alpha value is -1.84. The maximum Gasteiger partial charge on any atom is 0.305 e. The number of hydrogen-bond donors (Lipinski definition) is 2. The number of carboxylic acid groups (broad SMARTS) is 1. The summed E-state index contributed by atoms with van der Waals surface area (Å²) in [5.41, 5.74) is 2.16. The topological polar surface area (TPSA) is 66.4 Å². The van der Waals surface area contributed by atoms with E-state index in [2.05, 4.69) is 5.32 Å². The second-order valence-electron chi connectivity index (χ2n) is 3.79. The summed E-state index contributed by atoms with van der Waals surface area (Å²) >= 11 is 0. The van der Waals surface area contributed by atoms with Crippen LogP contribution in [-0.2, 0) is 22.4 Å². The minimum Gasteiger partial charge on any atom is -0.481 e. The van der Waals surface area contributed by atoms with Crippen LogP contribution in [-0.4, -0.2) is 23.5 Å². The molecule has 1 aromatic rings. The van der Waals surface area contributed by atoms with Crippen molar-refractivity contribution in [2.45, 2.75) is 26.2 Å². The van der Waals surface area contributed by atoms with E-state index in [0.717, 1.165) is 17.5 Å². The van der Waals surface area contributed by atoms with Crippen molar-refractivity contribution >= 4 is 11.9 Å². The Balaban J connectivity index is 2.47. The summed E-state index contributed by atoms with van der Waals surface area (Å²) in [6.45, 7) is 2.23. The molecule has 0 atom stereocenters. The number of carbonyl (C=O) groups is 2. The van der Waals surface area contributed by atoms with E-state index in [0.29, 0.717) is 6.42 Å². The van der Waals surface area contributed by atoms with Crippen LogP contribution in [0.3, 0.4) is 0 Å². The molecule has 0 radical (unpaired) electrons. The van der Waals surface area contributed by atoms with Crippen LogP contribution in [0.15, 0.2) is 24.3 Å². The van der Waals surface area contributed by atoms with Crippen molar-refractivity contribution in [1.29, 1.82) is 0 Å². The number of aryl methyl sites for hydroxylation is 1.